The van der Waals surface area contributed by atoms with Crippen LogP contribution in [0.15, 0.2) is 0 Å². The van der Waals surface area contributed by atoms with E-state index in [2.05, 4.69) is 32.9 Å². The second-order valence-electron chi connectivity index (χ2n) is 2.41. The minimum absolute atomic E-state index is 0.500. The summed E-state index contributed by atoms with van der Waals surface area (Å²) in [5.41, 5.74) is 3.82. The van der Waals surface area contributed by atoms with Gasteiger partial charge < -0.3 is 5.73 Å². The van der Waals surface area contributed by atoms with Crippen LogP contribution in [0.25, 0.3) is 0 Å². The van der Waals surface area contributed by atoms with Crippen LogP contribution in [0.3, 0.4) is 0 Å². The van der Waals surface area contributed by atoms with E-state index in [1.54, 1.807) is 0 Å². The third-order valence-electron chi connectivity index (χ3n) is 0.713. The van der Waals surface area contributed by atoms with E-state index in [4.69, 9.17) is 0 Å². The smallest absolute Gasteiger partial charge is 0.213 e. The summed E-state index contributed by atoms with van der Waals surface area (Å²) < 4.78 is 0. The largest absolute Gasteiger partial charge is 0.318 e. The monoisotopic (exact) mass is 101 g/mol. The van der Waals surface area contributed by atoms with Gasteiger partial charge in [0.2, 0.25) is 6.04 Å². The first kappa shape index (κ1) is 6.83. The summed E-state index contributed by atoms with van der Waals surface area (Å²) in [6.07, 6.45) is 2.22. The average Bonchev–Trinajstić information content (AvgIpc) is 1.27. The van der Waals surface area contributed by atoms with Crippen molar-refractivity contribution in [1.82, 2.24) is 0 Å². The lowest BCUT2D eigenvalue weighted by molar-refractivity contribution is -0.403. The van der Waals surface area contributed by atoms with Crippen LogP contribution in [-0.4, -0.2) is 6.04 Å². The Balaban J connectivity index is 2.95. The van der Waals surface area contributed by atoms with E-state index in [0.29, 0.717) is 12.0 Å². The lowest BCUT2D eigenvalue weighted by atomic mass is 10.1. The number of quaternary nitrogens is 1. The normalized spacial score (nSPS) is 14.4. The zero-order valence-corrected chi connectivity index (χ0v) is 5.44. The van der Waals surface area contributed by atoms with Crippen molar-refractivity contribution >= 4 is 0 Å². The van der Waals surface area contributed by atoms with Crippen molar-refractivity contribution in [2.75, 3.05) is 0 Å². The van der Waals surface area contributed by atoms with Gasteiger partial charge in [-0.2, -0.15) is 0 Å². The van der Waals surface area contributed by atoms with Crippen molar-refractivity contribution in [2.24, 2.45) is 5.92 Å². The van der Waals surface area contributed by atoms with Crippen molar-refractivity contribution in [1.29, 1.82) is 0 Å². The fourth-order valence-electron chi connectivity index (χ4n) is 0.657. The Morgan fingerprint density at radius 1 is 1.29 bits per heavy atom. The van der Waals surface area contributed by atoms with Gasteiger partial charge in [0, 0.05) is 6.92 Å². The number of hydrogen-bond donors (Lipinski definition) is 1. The topological polar surface area (TPSA) is 27.6 Å². The van der Waals surface area contributed by atoms with Crippen molar-refractivity contribution in [3.63, 3.8) is 0 Å². The lowest BCUT2D eigenvalue weighted by Gasteiger charge is -1.91. The molecule has 0 spiro atoms. The van der Waals surface area contributed by atoms with E-state index in [1.807, 2.05) is 0 Å². The Morgan fingerprint density at radius 3 is 1.71 bits per heavy atom. The molecule has 0 heterocycles. The van der Waals surface area contributed by atoms with Crippen LogP contribution in [-0.2, 0) is 0 Å². The second-order valence-corrected chi connectivity index (χ2v) is 2.41. The first-order valence-corrected chi connectivity index (χ1v) is 2.81. The van der Waals surface area contributed by atoms with Gasteiger partial charge in [-0.25, -0.2) is 0 Å². The zero-order valence-electron chi connectivity index (χ0n) is 5.44. The highest BCUT2D eigenvalue weighted by Gasteiger charge is 2.10. The molecule has 0 rings (SSSR count). The molecule has 0 aromatic rings. The summed E-state index contributed by atoms with van der Waals surface area (Å²) in [6.45, 7) is 6.43. The molecule has 0 aromatic heterocycles. The van der Waals surface area contributed by atoms with Crippen LogP contribution < -0.4 is 5.73 Å². The quantitative estimate of drug-likeness (QED) is 0.490. The molecule has 0 saturated heterocycles. The fourth-order valence-corrected chi connectivity index (χ4v) is 0.657. The Hall–Kier alpha value is -0.170. The zero-order chi connectivity index (χ0) is 5.86. The van der Waals surface area contributed by atoms with Gasteiger partial charge in [-0.1, -0.05) is 0 Å². The van der Waals surface area contributed by atoms with Crippen molar-refractivity contribution in [2.45, 2.75) is 26.8 Å². The minimum Gasteiger partial charge on any atom is -0.318 e. The SMILES string of the molecule is CC(C)[CH+]C(C)[NH3+]. The standard InChI is InChI=1S/C6H14N/c1-5(2)4-6(3)7/h4-6H,7H2,1-3H3/q+1/p+1. The predicted molar refractivity (Wildman–Crippen MR) is 31.5 cm³/mol. The molecule has 3 N–H and O–H groups in total. The third kappa shape index (κ3) is 5.83. The molecule has 42 valence electrons. The van der Waals surface area contributed by atoms with Crippen LogP contribution in [0.2, 0.25) is 0 Å². The van der Waals surface area contributed by atoms with Gasteiger partial charge in [0.25, 0.3) is 0 Å². The first-order valence-electron chi connectivity index (χ1n) is 2.81. The molecular weight excluding hydrogens is 86.1 g/mol. The molecule has 1 heteroatoms. The molecule has 0 aromatic carbocycles. The third-order valence-corrected chi connectivity index (χ3v) is 0.713. The summed E-state index contributed by atoms with van der Waals surface area (Å²) in [4.78, 5) is 0. The van der Waals surface area contributed by atoms with Gasteiger partial charge in [-0.3, -0.25) is 0 Å². The summed E-state index contributed by atoms with van der Waals surface area (Å²) in [5, 5.41) is 0. The minimum atomic E-state index is 0.500. The van der Waals surface area contributed by atoms with Crippen LogP contribution in [0, 0.1) is 12.3 Å². The molecule has 0 aliphatic carbocycles. The number of hydrogen-bond acceptors (Lipinski definition) is 0. The maximum Gasteiger partial charge on any atom is 0.213 e. The summed E-state index contributed by atoms with van der Waals surface area (Å²) in [6, 6.07) is 0.500. The molecule has 1 atom stereocenters. The van der Waals surface area contributed by atoms with Gasteiger partial charge in [-0.15, -0.1) is 0 Å². The van der Waals surface area contributed by atoms with Gasteiger partial charge in [0.05, 0.1) is 5.92 Å². The Kier molecular flexibility index (Phi) is 2.84. The molecule has 0 saturated carbocycles. The molecule has 0 aliphatic heterocycles. The molecule has 0 amide bonds. The molecule has 1 nitrogen and oxygen atoms in total. The average molecular weight is 101 g/mol. The van der Waals surface area contributed by atoms with Crippen molar-refractivity contribution in [3.05, 3.63) is 6.42 Å². The highest BCUT2D eigenvalue weighted by atomic mass is 14.6. The van der Waals surface area contributed by atoms with Crippen LogP contribution in [0.5, 0.6) is 0 Å². The molecule has 0 fully saturated rings. The summed E-state index contributed by atoms with van der Waals surface area (Å²) >= 11 is 0. The second kappa shape index (κ2) is 2.92. The van der Waals surface area contributed by atoms with Crippen LogP contribution in [0.4, 0.5) is 0 Å². The molecule has 0 aliphatic rings. The number of rotatable bonds is 2. The van der Waals surface area contributed by atoms with Crippen molar-refractivity contribution in [3.8, 4) is 0 Å². The highest BCUT2D eigenvalue weighted by Crippen LogP contribution is 1.97. The predicted octanol–water partition coefficient (Wildman–Crippen LogP) is 0.477. The van der Waals surface area contributed by atoms with Gasteiger partial charge in [0.1, 0.15) is 6.42 Å². The molecule has 0 radical (unpaired) electrons. The van der Waals surface area contributed by atoms with Gasteiger partial charge >= 0.3 is 0 Å². The van der Waals surface area contributed by atoms with Gasteiger partial charge in [0.15, 0.2) is 0 Å². The fraction of sp³-hybridized carbons (Fsp3) is 0.833. The van der Waals surface area contributed by atoms with E-state index in [9.17, 15) is 0 Å². The van der Waals surface area contributed by atoms with Crippen LogP contribution in [0.1, 0.15) is 20.8 Å². The maximum absolute atomic E-state index is 3.82. The summed E-state index contributed by atoms with van der Waals surface area (Å²) in [7, 11) is 0. The Morgan fingerprint density at radius 2 is 1.71 bits per heavy atom. The van der Waals surface area contributed by atoms with Gasteiger partial charge in [-0.05, 0) is 13.8 Å². The van der Waals surface area contributed by atoms with Crippen molar-refractivity contribution < 1.29 is 5.73 Å². The Bertz CT molecular complexity index is 33.4. The van der Waals surface area contributed by atoms with Crippen LogP contribution >= 0.6 is 0 Å². The van der Waals surface area contributed by atoms with E-state index in [-0.39, 0.29) is 0 Å². The Labute approximate surface area is 45.9 Å². The molecular formula is C6H15N+2. The van der Waals surface area contributed by atoms with E-state index >= 15 is 0 Å². The molecule has 1 unspecified atom stereocenters. The summed E-state index contributed by atoms with van der Waals surface area (Å²) in [5.74, 6) is 0.688. The van der Waals surface area contributed by atoms with E-state index < -0.39 is 0 Å². The van der Waals surface area contributed by atoms with E-state index in [1.165, 1.54) is 0 Å². The molecule has 7 heavy (non-hydrogen) atoms. The first-order chi connectivity index (χ1) is 3.13. The van der Waals surface area contributed by atoms with E-state index in [0.717, 1.165) is 0 Å². The highest BCUT2D eigenvalue weighted by molar-refractivity contribution is 4.72. The molecule has 0 bridgehead atoms. The lowest BCUT2D eigenvalue weighted by Crippen LogP contribution is -2.59. The maximum atomic E-state index is 3.82.